The number of hydrogen-bond donors (Lipinski definition) is 0. The third-order valence-electron chi connectivity index (χ3n) is 4.98. The van der Waals surface area contributed by atoms with Crippen molar-refractivity contribution in [3.05, 3.63) is 59.5 Å². The van der Waals surface area contributed by atoms with Crippen LogP contribution in [-0.2, 0) is 4.79 Å². The first-order valence-electron chi connectivity index (χ1n) is 9.63. The van der Waals surface area contributed by atoms with Crippen LogP contribution >= 0.6 is 0 Å². The van der Waals surface area contributed by atoms with Crippen LogP contribution in [0.3, 0.4) is 0 Å². The number of hydrogen-bond acceptors (Lipinski definition) is 5. The largest absolute Gasteiger partial charge is 0.467 e. The molecule has 0 saturated heterocycles. The molecule has 1 aliphatic rings. The molecule has 2 heterocycles. The smallest absolute Gasteiger partial charge is 0.257 e. The molecule has 28 heavy (non-hydrogen) atoms. The van der Waals surface area contributed by atoms with Gasteiger partial charge in [-0.25, -0.2) is 5.01 Å². The predicted octanol–water partition coefficient (Wildman–Crippen LogP) is 3.75. The van der Waals surface area contributed by atoms with Crippen LogP contribution in [0.2, 0.25) is 0 Å². The topological polar surface area (TPSA) is 72.8 Å². The maximum atomic E-state index is 13.1. The molecule has 0 unspecified atom stereocenters. The van der Waals surface area contributed by atoms with E-state index in [-0.39, 0.29) is 24.4 Å². The Morgan fingerprint density at radius 1 is 1.39 bits per heavy atom. The summed E-state index contributed by atoms with van der Waals surface area (Å²) in [5.74, 6) is 0.516. The van der Waals surface area contributed by atoms with Crippen LogP contribution in [-0.4, -0.2) is 41.2 Å². The van der Waals surface area contributed by atoms with Crippen LogP contribution < -0.4 is 0 Å². The Bertz CT molecular complexity index is 865. The summed E-state index contributed by atoms with van der Waals surface area (Å²) in [6.07, 6.45) is 2.23. The number of nitriles is 1. The van der Waals surface area contributed by atoms with Gasteiger partial charge in [0, 0.05) is 13.0 Å². The van der Waals surface area contributed by atoms with E-state index in [9.17, 15) is 4.79 Å². The Kier molecular flexibility index (Phi) is 6.27. The van der Waals surface area contributed by atoms with Crippen molar-refractivity contribution >= 4 is 11.6 Å². The summed E-state index contributed by atoms with van der Waals surface area (Å²) >= 11 is 0. The zero-order valence-corrected chi connectivity index (χ0v) is 16.6. The van der Waals surface area contributed by atoms with Crippen molar-refractivity contribution in [2.24, 2.45) is 11.0 Å². The molecule has 0 aliphatic carbocycles. The highest BCUT2D eigenvalue weighted by atomic mass is 16.3. The maximum absolute atomic E-state index is 13.1. The first kappa shape index (κ1) is 19.8. The standard InChI is InChI=1S/C22H26N4O2/c1-4-25(14-17(3)13-23)15-22(27)26-20(21-6-5-11-28-21)12-19(24-26)18-9-7-16(2)8-10-18/h5-11,17,20H,4,12,14-15H2,1-3H3/t17-,20+/m0/s1. The predicted molar refractivity (Wildman–Crippen MR) is 108 cm³/mol. The van der Waals surface area contributed by atoms with Crippen LogP contribution in [0.4, 0.5) is 0 Å². The molecule has 0 N–H and O–H groups in total. The van der Waals surface area contributed by atoms with E-state index in [1.807, 2.05) is 62.1 Å². The van der Waals surface area contributed by atoms with Crippen LogP contribution in [0.5, 0.6) is 0 Å². The molecule has 146 valence electrons. The normalized spacial score (nSPS) is 17.5. The van der Waals surface area contributed by atoms with Gasteiger partial charge in [0.05, 0.1) is 30.5 Å². The number of likely N-dealkylation sites (N-methyl/N-ethyl adjacent to an activating group) is 1. The molecule has 2 atom stereocenters. The van der Waals surface area contributed by atoms with Crippen LogP contribution in [0.15, 0.2) is 52.2 Å². The quantitative estimate of drug-likeness (QED) is 0.735. The number of carbonyl (C=O) groups is 1. The molecule has 0 spiro atoms. The minimum atomic E-state index is -0.245. The van der Waals surface area contributed by atoms with Gasteiger partial charge in [0.25, 0.3) is 5.91 Å². The molecule has 3 rings (SSSR count). The van der Waals surface area contributed by atoms with Gasteiger partial charge in [-0.2, -0.15) is 10.4 Å². The molecule has 0 fully saturated rings. The highest BCUT2D eigenvalue weighted by Gasteiger charge is 2.35. The van der Waals surface area contributed by atoms with Gasteiger partial charge >= 0.3 is 0 Å². The number of nitrogens with zero attached hydrogens (tertiary/aromatic N) is 4. The number of aryl methyl sites for hydroxylation is 1. The highest BCUT2D eigenvalue weighted by molar-refractivity contribution is 6.03. The number of carbonyl (C=O) groups excluding carboxylic acids is 1. The summed E-state index contributed by atoms with van der Waals surface area (Å²) in [4.78, 5) is 15.1. The molecule has 1 amide bonds. The lowest BCUT2D eigenvalue weighted by Gasteiger charge is -2.25. The van der Waals surface area contributed by atoms with E-state index >= 15 is 0 Å². The van der Waals surface area contributed by atoms with Gasteiger partial charge in [0.2, 0.25) is 0 Å². The highest BCUT2D eigenvalue weighted by Crippen LogP contribution is 2.33. The Balaban J connectivity index is 1.82. The van der Waals surface area contributed by atoms with E-state index in [2.05, 4.69) is 11.2 Å². The minimum Gasteiger partial charge on any atom is -0.467 e. The summed E-state index contributed by atoms with van der Waals surface area (Å²) in [5.41, 5.74) is 3.08. The first-order chi connectivity index (χ1) is 13.5. The fraction of sp³-hybridized carbons (Fsp3) is 0.409. The van der Waals surface area contributed by atoms with Crippen molar-refractivity contribution in [1.82, 2.24) is 9.91 Å². The van der Waals surface area contributed by atoms with Crippen molar-refractivity contribution in [1.29, 1.82) is 5.26 Å². The van der Waals surface area contributed by atoms with Crippen molar-refractivity contribution < 1.29 is 9.21 Å². The third-order valence-corrected chi connectivity index (χ3v) is 4.98. The van der Waals surface area contributed by atoms with Crippen molar-refractivity contribution in [2.45, 2.75) is 33.2 Å². The Labute approximate surface area is 166 Å². The van der Waals surface area contributed by atoms with E-state index < -0.39 is 0 Å². The molecule has 0 saturated carbocycles. The van der Waals surface area contributed by atoms with Crippen LogP contribution in [0.25, 0.3) is 0 Å². The van der Waals surface area contributed by atoms with Gasteiger partial charge in [-0.1, -0.05) is 36.8 Å². The number of benzene rings is 1. The summed E-state index contributed by atoms with van der Waals surface area (Å²) in [5, 5.41) is 15.3. The van der Waals surface area contributed by atoms with E-state index in [0.29, 0.717) is 19.5 Å². The van der Waals surface area contributed by atoms with Crippen LogP contribution in [0.1, 0.15) is 43.2 Å². The van der Waals surface area contributed by atoms with E-state index in [0.717, 1.165) is 17.0 Å². The maximum Gasteiger partial charge on any atom is 0.257 e. The number of furan rings is 1. The average Bonchev–Trinajstić information content (AvgIpc) is 3.37. The summed E-state index contributed by atoms with van der Waals surface area (Å²) < 4.78 is 5.59. The Hall–Kier alpha value is -2.91. The molecule has 1 aliphatic heterocycles. The second-order valence-corrected chi connectivity index (χ2v) is 7.24. The van der Waals surface area contributed by atoms with Gasteiger partial charge in [0.1, 0.15) is 11.8 Å². The Morgan fingerprint density at radius 3 is 2.75 bits per heavy atom. The van der Waals surface area contributed by atoms with Gasteiger partial charge in [-0.3, -0.25) is 9.69 Å². The van der Waals surface area contributed by atoms with E-state index in [1.165, 1.54) is 5.56 Å². The number of amides is 1. The van der Waals surface area contributed by atoms with Crippen molar-refractivity contribution in [2.75, 3.05) is 19.6 Å². The summed E-state index contributed by atoms with van der Waals surface area (Å²) in [6.45, 7) is 7.39. The molecule has 6 nitrogen and oxygen atoms in total. The van der Waals surface area contributed by atoms with Gasteiger partial charge < -0.3 is 4.42 Å². The fourth-order valence-corrected chi connectivity index (χ4v) is 3.36. The lowest BCUT2D eigenvalue weighted by atomic mass is 10.0. The van der Waals surface area contributed by atoms with Gasteiger partial charge in [-0.05, 0) is 38.1 Å². The Morgan fingerprint density at radius 2 is 2.14 bits per heavy atom. The van der Waals surface area contributed by atoms with Crippen molar-refractivity contribution in [3.8, 4) is 6.07 Å². The lowest BCUT2D eigenvalue weighted by Crippen LogP contribution is -2.39. The average molecular weight is 378 g/mol. The van der Waals surface area contributed by atoms with E-state index in [4.69, 9.17) is 9.68 Å². The zero-order chi connectivity index (χ0) is 20.1. The molecule has 1 aromatic carbocycles. The monoisotopic (exact) mass is 378 g/mol. The second-order valence-electron chi connectivity index (χ2n) is 7.24. The molecule has 1 aromatic heterocycles. The zero-order valence-electron chi connectivity index (χ0n) is 16.6. The van der Waals surface area contributed by atoms with E-state index in [1.54, 1.807) is 11.3 Å². The molecular weight excluding hydrogens is 352 g/mol. The first-order valence-corrected chi connectivity index (χ1v) is 9.63. The number of hydrazone groups is 1. The van der Waals surface area contributed by atoms with Crippen molar-refractivity contribution in [3.63, 3.8) is 0 Å². The molecule has 0 radical (unpaired) electrons. The van der Waals surface area contributed by atoms with Crippen LogP contribution in [0, 0.1) is 24.2 Å². The number of rotatable bonds is 7. The second kappa shape index (κ2) is 8.85. The third kappa shape index (κ3) is 4.49. The minimum absolute atomic E-state index is 0.0875. The lowest BCUT2D eigenvalue weighted by molar-refractivity contribution is -0.134. The molecule has 6 heteroatoms. The summed E-state index contributed by atoms with van der Waals surface area (Å²) in [6, 6.07) is 13.9. The SMILES string of the molecule is CCN(CC(=O)N1N=C(c2ccc(C)cc2)C[C@@H]1c1ccco1)C[C@@H](C)C#N. The fourth-order valence-electron chi connectivity index (χ4n) is 3.36. The molecule has 0 bridgehead atoms. The van der Waals surface area contributed by atoms with Gasteiger partial charge in [0.15, 0.2) is 0 Å². The molecule has 2 aromatic rings. The van der Waals surface area contributed by atoms with Gasteiger partial charge in [-0.15, -0.1) is 0 Å². The molecular formula is C22H26N4O2. The summed E-state index contributed by atoms with van der Waals surface area (Å²) in [7, 11) is 0.